The van der Waals surface area contributed by atoms with E-state index in [0.29, 0.717) is 5.56 Å². The molecule has 0 aliphatic rings. The first-order valence-corrected chi connectivity index (χ1v) is 8.55. The first kappa shape index (κ1) is 18.3. The van der Waals surface area contributed by atoms with Gasteiger partial charge >= 0.3 is 0 Å². The highest BCUT2D eigenvalue weighted by molar-refractivity contribution is 5.71. The Hall–Kier alpha value is -3.52. The van der Waals surface area contributed by atoms with Crippen LogP contribution in [0.1, 0.15) is 22.4 Å². The minimum absolute atomic E-state index is 0.212. The SMILES string of the molecule is C=C/C(=C\NC)Nc1cccn2c(C#Cc3cc(C)c(F)cc3C)cnc12. The molecule has 0 atom stereocenters. The fourth-order valence-corrected chi connectivity index (χ4v) is 2.70. The lowest BCUT2D eigenvalue weighted by atomic mass is 10.1. The summed E-state index contributed by atoms with van der Waals surface area (Å²) < 4.78 is 15.5. The first-order chi connectivity index (χ1) is 13.0. The summed E-state index contributed by atoms with van der Waals surface area (Å²) in [5, 5.41) is 6.26. The molecular weight excluding hydrogens is 339 g/mol. The van der Waals surface area contributed by atoms with Crippen molar-refractivity contribution in [3.05, 3.63) is 89.4 Å². The molecule has 0 saturated heterocycles. The molecule has 0 saturated carbocycles. The minimum Gasteiger partial charge on any atom is -0.392 e. The molecule has 0 fully saturated rings. The number of anilines is 1. The highest BCUT2D eigenvalue weighted by Crippen LogP contribution is 2.19. The zero-order valence-corrected chi connectivity index (χ0v) is 15.6. The number of aromatic nitrogens is 2. The van der Waals surface area contributed by atoms with Crippen molar-refractivity contribution in [3.63, 3.8) is 0 Å². The average molecular weight is 360 g/mol. The molecule has 0 bridgehead atoms. The van der Waals surface area contributed by atoms with Crippen LogP contribution in [0.4, 0.5) is 10.1 Å². The van der Waals surface area contributed by atoms with Crippen LogP contribution in [0, 0.1) is 31.5 Å². The van der Waals surface area contributed by atoms with E-state index in [0.717, 1.165) is 33.9 Å². The predicted molar refractivity (Wildman–Crippen MR) is 108 cm³/mol. The van der Waals surface area contributed by atoms with E-state index in [4.69, 9.17) is 0 Å². The zero-order valence-electron chi connectivity index (χ0n) is 15.6. The Kier molecular flexibility index (Phi) is 5.28. The van der Waals surface area contributed by atoms with Crippen LogP contribution >= 0.6 is 0 Å². The van der Waals surface area contributed by atoms with Gasteiger partial charge in [-0.05, 0) is 61.2 Å². The Morgan fingerprint density at radius 2 is 2.07 bits per heavy atom. The number of pyridine rings is 1. The summed E-state index contributed by atoms with van der Waals surface area (Å²) in [5.41, 5.74) is 5.41. The normalized spacial score (nSPS) is 11.0. The molecule has 1 aromatic carbocycles. The van der Waals surface area contributed by atoms with Gasteiger partial charge in [0, 0.05) is 25.0 Å². The van der Waals surface area contributed by atoms with E-state index in [-0.39, 0.29) is 5.82 Å². The summed E-state index contributed by atoms with van der Waals surface area (Å²) in [5.74, 6) is 6.06. The molecule has 0 spiro atoms. The third kappa shape index (κ3) is 3.85. The van der Waals surface area contributed by atoms with Gasteiger partial charge in [-0.3, -0.25) is 4.40 Å². The monoisotopic (exact) mass is 360 g/mol. The number of nitrogens with one attached hydrogen (secondary N) is 2. The third-order valence-corrected chi connectivity index (χ3v) is 4.17. The van der Waals surface area contributed by atoms with Crippen LogP contribution in [-0.2, 0) is 0 Å². The smallest absolute Gasteiger partial charge is 0.161 e. The molecule has 4 nitrogen and oxygen atoms in total. The number of benzene rings is 1. The molecule has 0 aliphatic carbocycles. The van der Waals surface area contributed by atoms with Crippen LogP contribution in [0.3, 0.4) is 0 Å². The van der Waals surface area contributed by atoms with E-state index in [9.17, 15) is 4.39 Å². The maximum absolute atomic E-state index is 13.6. The van der Waals surface area contributed by atoms with Gasteiger partial charge in [0.1, 0.15) is 11.5 Å². The molecule has 3 aromatic rings. The fraction of sp³-hybridized carbons (Fsp3) is 0.136. The number of aryl methyl sites for hydroxylation is 2. The number of hydrogen-bond donors (Lipinski definition) is 2. The van der Waals surface area contributed by atoms with Crippen LogP contribution in [0.2, 0.25) is 0 Å². The van der Waals surface area contributed by atoms with Crippen LogP contribution in [0.5, 0.6) is 0 Å². The zero-order chi connectivity index (χ0) is 19.4. The van der Waals surface area contributed by atoms with E-state index in [1.165, 1.54) is 6.07 Å². The van der Waals surface area contributed by atoms with Crippen molar-refractivity contribution in [1.82, 2.24) is 14.7 Å². The van der Waals surface area contributed by atoms with Gasteiger partial charge in [-0.25, -0.2) is 9.37 Å². The number of halogens is 1. The van der Waals surface area contributed by atoms with E-state index in [1.807, 2.05) is 42.9 Å². The number of rotatable bonds is 4. The molecule has 0 amide bonds. The van der Waals surface area contributed by atoms with Crippen molar-refractivity contribution in [2.24, 2.45) is 0 Å². The minimum atomic E-state index is -0.212. The molecule has 5 heteroatoms. The maximum Gasteiger partial charge on any atom is 0.161 e. The van der Waals surface area contributed by atoms with E-state index in [2.05, 4.69) is 34.0 Å². The van der Waals surface area contributed by atoms with Crippen LogP contribution in [-0.4, -0.2) is 16.4 Å². The highest BCUT2D eigenvalue weighted by Gasteiger charge is 2.07. The second-order valence-electron chi connectivity index (χ2n) is 6.14. The van der Waals surface area contributed by atoms with Crippen molar-refractivity contribution in [2.75, 3.05) is 12.4 Å². The molecule has 0 unspecified atom stereocenters. The Balaban J connectivity index is 1.99. The topological polar surface area (TPSA) is 41.4 Å². The van der Waals surface area contributed by atoms with Crippen LogP contribution in [0.15, 0.2) is 61.2 Å². The lowest BCUT2D eigenvalue weighted by molar-refractivity contribution is 0.617. The Morgan fingerprint density at radius 1 is 1.26 bits per heavy atom. The van der Waals surface area contributed by atoms with Gasteiger partial charge in [0.2, 0.25) is 0 Å². The number of fused-ring (bicyclic) bond motifs is 1. The Morgan fingerprint density at radius 3 is 2.81 bits per heavy atom. The van der Waals surface area contributed by atoms with Crippen LogP contribution < -0.4 is 10.6 Å². The number of nitrogens with zero attached hydrogens (tertiary/aromatic N) is 2. The maximum atomic E-state index is 13.6. The summed E-state index contributed by atoms with van der Waals surface area (Å²) in [6.45, 7) is 7.39. The lowest BCUT2D eigenvalue weighted by Gasteiger charge is -2.08. The standard InChI is InChI=1S/C22H21FN4/c1-5-18(13-24-4)26-21-7-6-10-27-19(14-25-22(21)27)9-8-17-11-16(3)20(23)12-15(17)2/h5-7,10-14,24,26H,1H2,2-4H3/b18-13+. The summed E-state index contributed by atoms with van der Waals surface area (Å²) in [6.07, 6.45) is 7.19. The van der Waals surface area contributed by atoms with Crippen molar-refractivity contribution in [1.29, 1.82) is 0 Å². The number of allylic oxidation sites excluding steroid dienone is 1. The Bertz CT molecular complexity index is 1100. The van der Waals surface area contributed by atoms with Crippen molar-refractivity contribution in [2.45, 2.75) is 13.8 Å². The summed E-state index contributed by atoms with van der Waals surface area (Å²) >= 11 is 0. The summed E-state index contributed by atoms with van der Waals surface area (Å²) in [7, 11) is 1.83. The van der Waals surface area contributed by atoms with E-state index in [1.54, 1.807) is 25.3 Å². The van der Waals surface area contributed by atoms with Crippen molar-refractivity contribution >= 4 is 11.3 Å². The number of imidazole rings is 1. The predicted octanol–water partition coefficient (Wildman–Crippen LogP) is 4.15. The molecule has 0 aliphatic heterocycles. The number of hydrogen-bond acceptors (Lipinski definition) is 3. The molecule has 27 heavy (non-hydrogen) atoms. The van der Waals surface area contributed by atoms with Gasteiger partial charge in [-0.15, -0.1) is 0 Å². The lowest BCUT2D eigenvalue weighted by Crippen LogP contribution is -2.04. The van der Waals surface area contributed by atoms with Gasteiger partial charge in [0.25, 0.3) is 0 Å². The molecule has 3 rings (SSSR count). The second kappa shape index (κ2) is 7.79. The molecule has 136 valence electrons. The summed E-state index contributed by atoms with van der Waals surface area (Å²) in [6, 6.07) is 7.16. The largest absolute Gasteiger partial charge is 0.392 e. The van der Waals surface area contributed by atoms with Crippen LogP contribution in [0.25, 0.3) is 5.65 Å². The fourth-order valence-electron chi connectivity index (χ4n) is 2.70. The average Bonchev–Trinajstić information content (AvgIpc) is 3.07. The van der Waals surface area contributed by atoms with Gasteiger partial charge in [-0.2, -0.15) is 0 Å². The highest BCUT2D eigenvalue weighted by atomic mass is 19.1. The van der Waals surface area contributed by atoms with Crippen molar-refractivity contribution in [3.8, 4) is 11.8 Å². The van der Waals surface area contributed by atoms with Gasteiger partial charge < -0.3 is 10.6 Å². The second-order valence-corrected chi connectivity index (χ2v) is 6.14. The first-order valence-electron chi connectivity index (χ1n) is 8.55. The van der Waals surface area contributed by atoms with Gasteiger partial charge in [-0.1, -0.05) is 12.5 Å². The third-order valence-electron chi connectivity index (χ3n) is 4.17. The molecular formula is C22H21FN4. The van der Waals surface area contributed by atoms with E-state index >= 15 is 0 Å². The molecule has 2 heterocycles. The van der Waals surface area contributed by atoms with Gasteiger partial charge in [0.15, 0.2) is 5.65 Å². The van der Waals surface area contributed by atoms with E-state index < -0.39 is 0 Å². The molecule has 2 aromatic heterocycles. The van der Waals surface area contributed by atoms with Gasteiger partial charge in [0.05, 0.1) is 17.6 Å². The summed E-state index contributed by atoms with van der Waals surface area (Å²) in [4.78, 5) is 4.49. The molecule has 0 radical (unpaired) electrons. The Labute approximate surface area is 158 Å². The van der Waals surface area contributed by atoms with Crippen molar-refractivity contribution < 1.29 is 4.39 Å². The molecule has 2 N–H and O–H groups in total. The quantitative estimate of drug-likeness (QED) is 0.542.